The van der Waals surface area contributed by atoms with Gasteiger partial charge in [-0.3, -0.25) is 0 Å². The Bertz CT molecular complexity index is 585. The first-order valence-corrected chi connectivity index (χ1v) is 9.23. The molecule has 0 N–H and O–H groups in total. The summed E-state index contributed by atoms with van der Waals surface area (Å²) in [7, 11) is -2.06. The summed E-state index contributed by atoms with van der Waals surface area (Å²) in [6, 6.07) is 5.07. The number of nitrogens with zero attached hydrogens (tertiary/aromatic N) is 1. The van der Waals surface area contributed by atoms with Gasteiger partial charge in [-0.15, -0.1) is 11.6 Å². The van der Waals surface area contributed by atoms with Gasteiger partial charge < -0.3 is 4.74 Å². The SMILES string of the molecule is CCN(CC1CCC1)S(=O)(=O)c1cc(CCl)ccc1OC. The van der Waals surface area contributed by atoms with Gasteiger partial charge in [-0.2, -0.15) is 4.31 Å². The molecule has 0 aliphatic heterocycles. The molecule has 6 heteroatoms. The fourth-order valence-electron chi connectivity index (χ4n) is 2.51. The lowest BCUT2D eigenvalue weighted by Gasteiger charge is -2.31. The molecule has 0 heterocycles. The molecule has 1 aromatic carbocycles. The second kappa shape index (κ2) is 6.99. The highest BCUT2D eigenvalue weighted by Gasteiger charge is 2.30. The van der Waals surface area contributed by atoms with Gasteiger partial charge in [0.2, 0.25) is 10.0 Å². The average molecular weight is 332 g/mol. The Morgan fingerprint density at radius 1 is 1.38 bits per heavy atom. The smallest absolute Gasteiger partial charge is 0.246 e. The molecule has 1 aliphatic rings. The minimum absolute atomic E-state index is 0.212. The molecule has 1 aliphatic carbocycles. The molecule has 4 nitrogen and oxygen atoms in total. The van der Waals surface area contributed by atoms with Crippen LogP contribution in [0, 0.1) is 5.92 Å². The quantitative estimate of drug-likeness (QED) is 0.720. The molecule has 0 saturated heterocycles. The van der Waals surface area contributed by atoms with Gasteiger partial charge in [0.15, 0.2) is 0 Å². The van der Waals surface area contributed by atoms with Gasteiger partial charge in [0.1, 0.15) is 10.6 Å². The fourth-order valence-corrected chi connectivity index (χ4v) is 4.40. The van der Waals surface area contributed by atoms with E-state index in [-0.39, 0.29) is 10.8 Å². The molecule has 0 spiro atoms. The Balaban J connectivity index is 2.35. The molecule has 0 atom stereocenters. The lowest BCUT2D eigenvalue weighted by molar-refractivity contribution is 0.249. The van der Waals surface area contributed by atoms with Crippen molar-refractivity contribution < 1.29 is 13.2 Å². The third-order valence-corrected chi connectivity index (χ3v) is 6.31. The molecule has 0 radical (unpaired) electrons. The number of hydrogen-bond acceptors (Lipinski definition) is 3. The van der Waals surface area contributed by atoms with Crippen LogP contribution in [0.15, 0.2) is 23.1 Å². The van der Waals surface area contributed by atoms with Crippen LogP contribution < -0.4 is 4.74 Å². The summed E-state index contributed by atoms with van der Waals surface area (Å²) in [6.45, 7) is 2.92. The van der Waals surface area contributed by atoms with Crippen LogP contribution in [0.3, 0.4) is 0 Å². The molecule has 1 fully saturated rings. The first kappa shape index (κ1) is 16.6. The maximum atomic E-state index is 12.9. The van der Waals surface area contributed by atoms with E-state index in [1.807, 2.05) is 6.92 Å². The zero-order valence-corrected chi connectivity index (χ0v) is 14.1. The lowest BCUT2D eigenvalue weighted by atomic mass is 9.85. The second-order valence-electron chi connectivity index (χ2n) is 5.37. The van der Waals surface area contributed by atoms with Gasteiger partial charge in [0, 0.05) is 19.0 Å². The lowest BCUT2D eigenvalue weighted by Crippen LogP contribution is -2.37. The van der Waals surface area contributed by atoms with E-state index in [9.17, 15) is 8.42 Å². The minimum Gasteiger partial charge on any atom is -0.495 e. The molecule has 0 aromatic heterocycles. The van der Waals surface area contributed by atoms with Crippen LogP contribution in [0.2, 0.25) is 0 Å². The summed E-state index contributed by atoms with van der Waals surface area (Å²) in [5, 5.41) is 0. The van der Waals surface area contributed by atoms with Gasteiger partial charge in [-0.05, 0) is 36.5 Å². The topological polar surface area (TPSA) is 46.6 Å². The van der Waals surface area contributed by atoms with Gasteiger partial charge in [-0.1, -0.05) is 19.4 Å². The van der Waals surface area contributed by atoms with E-state index in [4.69, 9.17) is 16.3 Å². The zero-order chi connectivity index (χ0) is 15.5. The van der Waals surface area contributed by atoms with Crippen molar-refractivity contribution in [3.63, 3.8) is 0 Å². The van der Waals surface area contributed by atoms with Crippen LogP contribution in [-0.4, -0.2) is 32.9 Å². The molecule has 0 amide bonds. The number of sulfonamides is 1. The Kier molecular flexibility index (Phi) is 5.52. The predicted octanol–water partition coefficient (Wildman–Crippen LogP) is 3.24. The van der Waals surface area contributed by atoms with Crippen molar-refractivity contribution >= 4 is 21.6 Å². The average Bonchev–Trinajstić information content (AvgIpc) is 2.45. The van der Waals surface area contributed by atoms with E-state index in [0.717, 1.165) is 18.4 Å². The van der Waals surface area contributed by atoms with Crippen LogP contribution in [0.4, 0.5) is 0 Å². The minimum atomic E-state index is -3.55. The largest absolute Gasteiger partial charge is 0.495 e. The summed E-state index contributed by atoms with van der Waals surface area (Å²) in [6.07, 6.45) is 3.43. The molecular formula is C15H22ClNO3S. The molecule has 0 bridgehead atoms. The summed E-state index contributed by atoms with van der Waals surface area (Å²) in [5.41, 5.74) is 0.774. The Morgan fingerprint density at radius 3 is 2.57 bits per heavy atom. The standard InChI is InChI=1S/C15H22ClNO3S/c1-3-17(11-12-5-4-6-12)21(18,19)15-9-13(10-16)7-8-14(15)20-2/h7-9,12H,3-6,10-11H2,1-2H3. The monoisotopic (exact) mass is 331 g/mol. The summed E-state index contributed by atoms with van der Waals surface area (Å²) in [5.74, 6) is 1.14. The summed E-state index contributed by atoms with van der Waals surface area (Å²) >= 11 is 5.82. The maximum Gasteiger partial charge on any atom is 0.246 e. The van der Waals surface area contributed by atoms with Crippen molar-refractivity contribution in [2.45, 2.75) is 37.0 Å². The van der Waals surface area contributed by atoms with Crippen molar-refractivity contribution in [2.24, 2.45) is 5.92 Å². The Labute approximate surface area is 132 Å². The predicted molar refractivity (Wildman–Crippen MR) is 84.3 cm³/mol. The first-order chi connectivity index (χ1) is 10.0. The van der Waals surface area contributed by atoms with Crippen molar-refractivity contribution in [3.8, 4) is 5.75 Å². The number of rotatable bonds is 7. The first-order valence-electron chi connectivity index (χ1n) is 7.26. The van der Waals surface area contributed by atoms with E-state index in [1.165, 1.54) is 13.5 Å². The molecule has 2 rings (SSSR count). The number of alkyl halides is 1. The van der Waals surface area contributed by atoms with E-state index in [0.29, 0.717) is 24.8 Å². The highest BCUT2D eigenvalue weighted by molar-refractivity contribution is 7.89. The third-order valence-electron chi connectivity index (χ3n) is 4.04. The Hall–Kier alpha value is -0.780. The van der Waals surface area contributed by atoms with Gasteiger partial charge in [0.25, 0.3) is 0 Å². The Morgan fingerprint density at radius 2 is 2.10 bits per heavy atom. The maximum absolute atomic E-state index is 12.9. The van der Waals surface area contributed by atoms with E-state index in [2.05, 4.69) is 0 Å². The highest BCUT2D eigenvalue weighted by Crippen LogP contribution is 2.32. The molecule has 21 heavy (non-hydrogen) atoms. The molecule has 1 aromatic rings. The van der Waals surface area contributed by atoms with Crippen LogP contribution in [0.5, 0.6) is 5.75 Å². The summed E-state index contributed by atoms with van der Waals surface area (Å²) < 4.78 is 32.5. The number of methoxy groups -OCH3 is 1. The molecular weight excluding hydrogens is 310 g/mol. The normalized spacial score (nSPS) is 16.0. The van der Waals surface area contributed by atoms with Crippen LogP contribution in [0.25, 0.3) is 0 Å². The summed E-state index contributed by atoms with van der Waals surface area (Å²) in [4.78, 5) is 0.212. The van der Waals surface area contributed by atoms with Gasteiger partial charge in [0.05, 0.1) is 7.11 Å². The van der Waals surface area contributed by atoms with Crippen LogP contribution in [0.1, 0.15) is 31.7 Å². The molecule has 1 saturated carbocycles. The zero-order valence-electron chi connectivity index (χ0n) is 12.5. The molecule has 118 valence electrons. The third kappa shape index (κ3) is 3.52. The number of halogens is 1. The number of ether oxygens (including phenoxy) is 1. The molecule has 0 unspecified atom stereocenters. The van der Waals surface area contributed by atoms with Gasteiger partial charge >= 0.3 is 0 Å². The highest BCUT2D eigenvalue weighted by atomic mass is 35.5. The van der Waals surface area contributed by atoms with Crippen molar-refractivity contribution in [2.75, 3.05) is 20.2 Å². The van der Waals surface area contributed by atoms with Crippen LogP contribution >= 0.6 is 11.6 Å². The number of hydrogen-bond donors (Lipinski definition) is 0. The fraction of sp³-hybridized carbons (Fsp3) is 0.600. The van der Waals surface area contributed by atoms with E-state index >= 15 is 0 Å². The second-order valence-corrected chi connectivity index (χ2v) is 7.55. The van der Waals surface area contributed by atoms with Crippen molar-refractivity contribution in [3.05, 3.63) is 23.8 Å². The van der Waals surface area contributed by atoms with Crippen molar-refractivity contribution in [1.82, 2.24) is 4.31 Å². The van der Waals surface area contributed by atoms with Crippen LogP contribution in [-0.2, 0) is 15.9 Å². The van der Waals surface area contributed by atoms with Crippen molar-refractivity contribution in [1.29, 1.82) is 0 Å². The van der Waals surface area contributed by atoms with E-state index < -0.39 is 10.0 Å². The number of benzene rings is 1. The van der Waals surface area contributed by atoms with E-state index in [1.54, 1.807) is 22.5 Å². The van der Waals surface area contributed by atoms with Gasteiger partial charge in [-0.25, -0.2) is 8.42 Å².